The molecule has 2 aromatic rings. The Morgan fingerprint density at radius 2 is 2.00 bits per heavy atom. The number of halogens is 1. The lowest BCUT2D eigenvalue weighted by molar-refractivity contribution is 0.142. The van der Waals surface area contributed by atoms with Gasteiger partial charge in [-0.15, -0.1) is 12.4 Å². The second-order valence-corrected chi connectivity index (χ2v) is 7.57. The first-order valence-electron chi connectivity index (χ1n) is 9.21. The summed E-state index contributed by atoms with van der Waals surface area (Å²) in [6.07, 6.45) is -1.25. The van der Waals surface area contributed by atoms with E-state index in [9.17, 15) is 14.7 Å². The van der Waals surface area contributed by atoms with Gasteiger partial charge in [-0.2, -0.15) is 0 Å². The summed E-state index contributed by atoms with van der Waals surface area (Å²) in [5.41, 5.74) is 8.84. The Bertz CT molecular complexity index is 1040. The van der Waals surface area contributed by atoms with Crippen molar-refractivity contribution >= 4 is 29.9 Å². The van der Waals surface area contributed by atoms with Crippen LogP contribution in [0.5, 0.6) is 11.5 Å². The maximum absolute atomic E-state index is 12.3. The predicted octanol–water partition coefficient (Wildman–Crippen LogP) is 1.59. The smallest absolute Gasteiger partial charge is 0.504 e. The topological polar surface area (TPSA) is 141 Å². The number of H-pyrrole nitrogens is 1. The molecule has 3 heterocycles. The molecule has 1 aromatic heterocycles. The Balaban J connectivity index is 0.00000205. The average molecular weight is 421 g/mol. The number of nitrogens with zero attached hydrogens (tertiary/aromatic N) is 1. The summed E-state index contributed by atoms with van der Waals surface area (Å²) in [7, 11) is 0. The third-order valence-electron chi connectivity index (χ3n) is 6.03. The summed E-state index contributed by atoms with van der Waals surface area (Å²) in [5, 5.41) is 22.6. The molecule has 3 aliphatic rings. The minimum atomic E-state index is -1.65. The number of nitrogens with two attached hydrogens (primary N) is 1. The van der Waals surface area contributed by atoms with Crippen LogP contribution in [0.2, 0.25) is 0 Å². The molecule has 0 amide bonds. The molecule has 2 aliphatic heterocycles. The fourth-order valence-electron chi connectivity index (χ4n) is 4.46. The molecular formula is C19H21ClN4O5. The summed E-state index contributed by atoms with van der Waals surface area (Å²) in [4.78, 5) is 28.1. The number of aromatic nitrogens is 1. The summed E-state index contributed by atoms with van der Waals surface area (Å²) in [5.74, 6) is 0.120. The Morgan fingerprint density at radius 1 is 1.28 bits per heavy atom. The number of benzene rings is 1. The molecule has 1 aliphatic carbocycles. The molecule has 2 fully saturated rings. The van der Waals surface area contributed by atoms with E-state index in [-0.39, 0.29) is 12.4 Å². The standard InChI is InChI=1S/C19H20N4O5.ClH/c20-14-11-6-23(7-12(11)14)8-1-2-9-13(5-8)21-4-3-10-15(9)22-18(25)17(16(10)24)28-19(26)27;/h1-2,5,11-12,14,21H,3-4,6-7,20H2,(H,26,27)(H2,22,24,25);1H/t11-,12+,14+;. The van der Waals surface area contributed by atoms with Gasteiger partial charge in [0.15, 0.2) is 5.75 Å². The number of nitrogens with one attached hydrogen (secondary N) is 2. The second kappa shape index (κ2) is 6.85. The number of ether oxygens (including phenoxy) is 1. The number of fused-ring (bicyclic) bond motifs is 4. The molecule has 29 heavy (non-hydrogen) atoms. The van der Waals surface area contributed by atoms with Crippen molar-refractivity contribution in [1.82, 2.24) is 4.98 Å². The van der Waals surface area contributed by atoms with Gasteiger partial charge >= 0.3 is 6.16 Å². The minimum Gasteiger partial charge on any atom is -0.504 e. The van der Waals surface area contributed by atoms with Crippen LogP contribution in [0.25, 0.3) is 11.3 Å². The molecule has 1 aromatic carbocycles. The maximum Gasteiger partial charge on any atom is 0.511 e. The lowest BCUT2D eigenvalue weighted by atomic mass is 10.0. The van der Waals surface area contributed by atoms with Crippen molar-refractivity contribution in [3.63, 3.8) is 0 Å². The number of carbonyl (C=O) groups is 1. The van der Waals surface area contributed by atoms with Crippen LogP contribution < -0.4 is 26.2 Å². The first-order valence-corrected chi connectivity index (χ1v) is 9.21. The highest BCUT2D eigenvalue weighted by atomic mass is 35.5. The lowest BCUT2D eigenvalue weighted by Gasteiger charge is -2.23. The molecule has 5 rings (SSSR count). The van der Waals surface area contributed by atoms with Crippen LogP contribution in [0.1, 0.15) is 5.56 Å². The highest BCUT2D eigenvalue weighted by Crippen LogP contribution is 2.46. The molecule has 0 spiro atoms. The number of hydrogen-bond donors (Lipinski definition) is 5. The summed E-state index contributed by atoms with van der Waals surface area (Å²) in [6, 6.07) is 6.26. The van der Waals surface area contributed by atoms with Crippen molar-refractivity contribution < 1.29 is 19.7 Å². The molecule has 154 valence electrons. The fourth-order valence-corrected chi connectivity index (χ4v) is 4.46. The number of piperidine rings is 1. The summed E-state index contributed by atoms with van der Waals surface area (Å²) < 4.78 is 4.47. The largest absolute Gasteiger partial charge is 0.511 e. The van der Waals surface area contributed by atoms with Crippen LogP contribution in [0.15, 0.2) is 23.0 Å². The molecule has 1 saturated heterocycles. The predicted molar refractivity (Wildman–Crippen MR) is 109 cm³/mol. The van der Waals surface area contributed by atoms with Crippen LogP contribution in [0.4, 0.5) is 16.2 Å². The Morgan fingerprint density at radius 3 is 2.69 bits per heavy atom. The van der Waals surface area contributed by atoms with Crippen LogP contribution in [-0.4, -0.2) is 47.0 Å². The fraction of sp³-hybridized carbons (Fsp3) is 0.368. The number of aromatic hydroxyl groups is 1. The van der Waals surface area contributed by atoms with E-state index in [1.807, 2.05) is 18.2 Å². The molecule has 0 bridgehead atoms. The zero-order valence-electron chi connectivity index (χ0n) is 15.3. The molecular weight excluding hydrogens is 400 g/mol. The van der Waals surface area contributed by atoms with Crippen molar-refractivity contribution in [2.45, 2.75) is 12.5 Å². The van der Waals surface area contributed by atoms with Crippen molar-refractivity contribution in [1.29, 1.82) is 0 Å². The summed E-state index contributed by atoms with van der Waals surface area (Å²) >= 11 is 0. The number of rotatable bonds is 2. The number of hydrogen-bond acceptors (Lipinski definition) is 7. The van der Waals surface area contributed by atoms with Gasteiger partial charge < -0.3 is 35.9 Å². The first kappa shape index (κ1) is 19.4. The Hall–Kier alpha value is -2.91. The van der Waals surface area contributed by atoms with Crippen molar-refractivity contribution in [3.8, 4) is 22.8 Å². The van der Waals surface area contributed by atoms with Gasteiger partial charge in [0.2, 0.25) is 5.75 Å². The van der Waals surface area contributed by atoms with Gasteiger partial charge in [0.1, 0.15) is 0 Å². The van der Waals surface area contributed by atoms with E-state index in [0.717, 1.165) is 30.0 Å². The van der Waals surface area contributed by atoms with Crippen LogP contribution in [0, 0.1) is 11.8 Å². The van der Waals surface area contributed by atoms with Crippen LogP contribution in [0.3, 0.4) is 0 Å². The van der Waals surface area contributed by atoms with E-state index in [1.165, 1.54) is 0 Å². The van der Waals surface area contributed by atoms with Crippen LogP contribution >= 0.6 is 12.4 Å². The van der Waals surface area contributed by atoms with E-state index in [0.29, 0.717) is 42.1 Å². The highest BCUT2D eigenvalue weighted by molar-refractivity contribution is 5.85. The Labute approximate surface area is 171 Å². The molecule has 3 atom stereocenters. The zero-order chi connectivity index (χ0) is 19.6. The quantitative estimate of drug-likeness (QED) is 0.461. The molecule has 6 N–H and O–H groups in total. The molecule has 1 saturated carbocycles. The molecule has 0 radical (unpaired) electrons. The monoisotopic (exact) mass is 420 g/mol. The van der Waals surface area contributed by atoms with Crippen molar-refractivity contribution in [3.05, 3.63) is 34.1 Å². The molecule has 9 nitrogen and oxygen atoms in total. The van der Waals surface area contributed by atoms with Crippen molar-refractivity contribution in [2.75, 3.05) is 29.9 Å². The summed E-state index contributed by atoms with van der Waals surface area (Å²) in [6.45, 7) is 2.43. The number of pyridine rings is 1. The first-order chi connectivity index (χ1) is 13.4. The van der Waals surface area contributed by atoms with E-state index < -0.39 is 23.2 Å². The Kier molecular flexibility index (Phi) is 4.59. The van der Waals surface area contributed by atoms with E-state index in [2.05, 4.69) is 19.9 Å². The van der Waals surface area contributed by atoms with E-state index >= 15 is 0 Å². The van der Waals surface area contributed by atoms with E-state index in [1.54, 1.807) is 0 Å². The highest BCUT2D eigenvalue weighted by Gasteiger charge is 2.53. The van der Waals surface area contributed by atoms with Gasteiger partial charge in [0.05, 0.1) is 5.69 Å². The zero-order valence-corrected chi connectivity index (χ0v) is 16.2. The van der Waals surface area contributed by atoms with Gasteiger partial charge in [-0.05, 0) is 36.5 Å². The molecule has 10 heteroatoms. The normalized spacial score (nSPS) is 23.6. The number of carboxylic acid groups (broad SMARTS) is 1. The second-order valence-electron chi connectivity index (χ2n) is 7.57. The average Bonchev–Trinajstić information content (AvgIpc) is 3.09. The van der Waals surface area contributed by atoms with Gasteiger partial charge in [-0.1, -0.05) is 0 Å². The SMILES string of the molecule is Cl.N[C@@H]1[C@H]2CN(c3ccc4c(c3)NCCc3c-4[nH]c(=O)c(OC(=O)O)c3O)C[C@@H]12. The molecule has 0 unspecified atom stereocenters. The third-order valence-corrected chi connectivity index (χ3v) is 6.03. The maximum atomic E-state index is 12.3. The van der Waals surface area contributed by atoms with Gasteiger partial charge in [0, 0.05) is 48.2 Å². The van der Waals surface area contributed by atoms with Gasteiger partial charge in [0.25, 0.3) is 5.56 Å². The lowest BCUT2D eigenvalue weighted by Crippen LogP contribution is -2.27. The number of aromatic amines is 1. The van der Waals surface area contributed by atoms with E-state index in [4.69, 9.17) is 10.8 Å². The van der Waals surface area contributed by atoms with Gasteiger partial charge in [-0.3, -0.25) is 4.79 Å². The third kappa shape index (κ3) is 3.06. The van der Waals surface area contributed by atoms with Gasteiger partial charge in [-0.25, -0.2) is 4.79 Å². The minimum absolute atomic E-state index is 0. The van der Waals surface area contributed by atoms with Crippen molar-refractivity contribution in [2.24, 2.45) is 17.6 Å². The van der Waals surface area contributed by atoms with Crippen LogP contribution in [-0.2, 0) is 6.42 Å². The number of anilines is 2.